The first-order chi connectivity index (χ1) is 9.87. The number of ether oxygens (including phenoxy) is 1. The third-order valence-electron chi connectivity index (χ3n) is 3.55. The van der Waals surface area contributed by atoms with Crippen molar-refractivity contribution in [3.63, 3.8) is 0 Å². The molecule has 0 unspecified atom stereocenters. The summed E-state index contributed by atoms with van der Waals surface area (Å²) >= 11 is 0. The van der Waals surface area contributed by atoms with Gasteiger partial charge in [0.05, 0.1) is 6.54 Å². The molecule has 6 heteroatoms. The van der Waals surface area contributed by atoms with E-state index in [2.05, 4.69) is 27.1 Å². The molecule has 1 fully saturated rings. The van der Waals surface area contributed by atoms with E-state index in [-0.39, 0.29) is 12.1 Å². The fourth-order valence-corrected chi connectivity index (χ4v) is 2.41. The Balaban J connectivity index is 1.64. The van der Waals surface area contributed by atoms with Crippen molar-refractivity contribution in [1.82, 2.24) is 20.2 Å². The van der Waals surface area contributed by atoms with Gasteiger partial charge in [0.25, 0.3) is 0 Å². The Morgan fingerprint density at radius 3 is 2.76 bits per heavy atom. The van der Waals surface area contributed by atoms with Crippen LogP contribution in [0, 0.1) is 0 Å². The molecule has 2 N–H and O–H groups in total. The molecule has 0 aliphatic heterocycles. The van der Waals surface area contributed by atoms with Crippen LogP contribution in [0.4, 0.5) is 4.79 Å². The van der Waals surface area contributed by atoms with E-state index < -0.39 is 5.60 Å². The SMILES string of the molecule is CCn1ccnc1CNC1CC(NC(=O)OC(C)(C)C)C1. The largest absolute Gasteiger partial charge is 0.444 e. The number of amides is 1. The van der Waals surface area contributed by atoms with Gasteiger partial charge < -0.3 is 19.9 Å². The van der Waals surface area contributed by atoms with Crippen LogP contribution < -0.4 is 10.6 Å². The van der Waals surface area contributed by atoms with E-state index in [9.17, 15) is 4.79 Å². The van der Waals surface area contributed by atoms with Gasteiger partial charge in [-0.1, -0.05) is 0 Å². The fourth-order valence-electron chi connectivity index (χ4n) is 2.41. The van der Waals surface area contributed by atoms with Crippen molar-refractivity contribution in [3.05, 3.63) is 18.2 Å². The Morgan fingerprint density at radius 2 is 2.14 bits per heavy atom. The first kappa shape index (κ1) is 15.8. The highest BCUT2D eigenvalue weighted by Gasteiger charge is 2.31. The zero-order valence-electron chi connectivity index (χ0n) is 13.3. The standard InChI is InChI=1S/C15H26N4O2/c1-5-19-7-6-16-13(19)10-17-11-8-12(9-11)18-14(20)21-15(2,3)4/h6-7,11-12,17H,5,8-10H2,1-4H3,(H,18,20). The Hall–Kier alpha value is -1.56. The number of aromatic nitrogens is 2. The van der Waals surface area contributed by atoms with Crippen molar-refractivity contribution < 1.29 is 9.53 Å². The lowest BCUT2D eigenvalue weighted by molar-refractivity contribution is 0.0465. The Morgan fingerprint density at radius 1 is 1.43 bits per heavy atom. The lowest BCUT2D eigenvalue weighted by Crippen LogP contribution is -2.53. The minimum atomic E-state index is -0.442. The summed E-state index contributed by atoms with van der Waals surface area (Å²) in [6.07, 6.45) is 5.37. The summed E-state index contributed by atoms with van der Waals surface area (Å²) in [4.78, 5) is 16.0. The van der Waals surface area contributed by atoms with Crippen LogP contribution in [0.25, 0.3) is 0 Å². The van der Waals surface area contributed by atoms with Gasteiger partial charge in [-0.3, -0.25) is 0 Å². The highest BCUT2D eigenvalue weighted by Crippen LogP contribution is 2.21. The molecule has 0 radical (unpaired) electrons. The van der Waals surface area contributed by atoms with Crippen LogP contribution >= 0.6 is 0 Å². The van der Waals surface area contributed by atoms with Crippen molar-refractivity contribution in [2.75, 3.05) is 0 Å². The van der Waals surface area contributed by atoms with E-state index in [1.165, 1.54) is 0 Å². The molecule has 1 aromatic rings. The van der Waals surface area contributed by atoms with Crippen molar-refractivity contribution >= 4 is 6.09 Å². The van der Waals surface area contributed by atoms with E-state index in [1.807, 2.05) is 33.2 Å². The predicted molar refractivity (Wildman–Crippen MR) is 80.9 cm³/mol. The van der Waals surface area contributed by atoms with Gasteiger partial charge in [0.15, 0.2) is 0 Å². The predicted octanol–water partition coefficient (Wildman–Crippen LogP) is 2.05. The highest BCUT2D eigenvalue weighted by atomic mass is 16.6. The van der Waals surface area contributed by atoms with Crippen molar-refractivity contribution in [2.24, 2.45) is 0 Å². The van der Waals surface area contributed by atoms with E-state index >= 15 is 0 Å². The summed E-state index contributed by atoms with van der Waals surface area (Å²) in [7, 11) is 0. The molecule has 1 aromatic heterocycles. The normalized spacial score (nSPS) is 21.7. The monoisotopic (exact) mass is 294 g/mol. The summed E-state index contributed by atoms with van der Waals surface area (Å²) in [6, 6.07) is 0.648. The second-order valence-corrected chi connectivity index (χ2v) is 6.52. The summed E-state index contributed by atoms with van der Waals surface area (Å²) < 4.78 is 7.37. The average Bonchev–Trinajstić information content (AvgIpc) is 2.76. The highest BCUT2D eigenvalue weighted by molar-refractivity contribution is 5.68. The molecular weight excluding hydrogens is 268 g/mol. The summed E-state index contributed by atoms with van der Waals surface area (Å²) in [5, 5.41) is 6.37. The minimum absolute atomic E-state index is 0.211. The maximum absolute atomic E-state index is 11.6. The van der Waals surface area contributed by atoms with Crippen molar-refractivity contribution in [2.45, 2.75) is 71.3 Å². The number of carbonyl (C=O) groups is 1. The third kappa shape index (κ3) is 4.74. The van der Waals surface area contributed by atoms with Crippen LogP contribution in [-0.4, -0.2) is 33.3 Å². The van der Waals surface area contributed by atoms with Crippen LogP contribution in [0.1, 0.15) is 46.4 Å². The maximum Gasteiger partial charge on any atom is 0.407 e. The van der Waals surface area contributed by atoms with Crippen LogP contribution in [0.2, 0.25) is 0 Å². The van der Waals surface area contributed by atoms with Gasteiger partial charge in [-0.15, -0.1) is 0 Å². The number of aryl methyl sites for hydroxylation is 1. The molecule has 0 saturated heterocycles. The van der Waals surface area contributed by atoms with Gasteiger partial charge in [-0.05, 0) is 40.5 Å². The molecule has 1 heterocycles. The summed E-state index contributed by atoms with van der Waals surface area (Å²) in [6.45, 7) is 9.42. The Kier molecular flexibility index (Phi) is 4.88. The second-order valence-electron chi connectivity index (χ2n) is 6.52. The summed E-state index contributed by atoms with van der Waals surface area (Å²) in [5.41, 5.74) is -0.442. The first-order valence-electron chi connectivity index (χ1n) is 7.60. The van der Waals surface area contributed by atoms with Gasteiger partial charge in [-0.25, -0.2) is 9.78 Å². The van der Waals surface area contributed by atoms with Crippen LogP contribution in [0.15, 0.2) is 12.4 Å². The lowest BCUT2D eigenvalue weighted by Gasteiger charge is -2.36. The van der Waals surface area contributed by atoms with Gasteiger partial charge >= 0.3 is 6.09 Å². The number of alkyl carbamates (subject to hydrolysis) is 1. The number of carbonyl (C=O) groups excluding carboxylic acids is 1. The van der Waals surface area contributed by atoms with Gasteiger partial charge in [0.2, 0.25) is 0 Å². The van der Waals surface area contributed by atoms with Crippen LogP contribution in [0.3, 0.4) is 0 Å². The van der Waals surface area contributed by atoms with E-state index in [4.69, 9.17) is 4.74 Å². The molecule has 1 saturated carbocycles. The van der Waals surface area contributed by atoms with Crippen LogP contribution in [-0.2, 0) is 17.8 Å². The fraction of sp³-hybridized carbons (Fsp3) is 0.733. The molecule has 0 spiro atoms. The lowest BCUT2D eigenvalue weighted by atomic mass is 9.87. The number of hydrogen-bond acceptors (Lipinski definition) is 4. The molecule has 118 valence electrons. The topological polar surface area (TPSA) is 68.2 Å². The molecule has 1 aliphatic rings. The number of nitrogens with one attached hydrogen (secondary N) is 2. The zero-order valence-corrected chi connectivity index (χ0v) is 13.3. The maximum atomic E-state index is 11.6. The van der Waals surface area contributed by atoms with E-state index in [0.29, 0.717) is 6.04 Å². The quantitative estimate of drug-likeness (QED) is 0.872. The molecule has 1 aliphatic carbocycles. The summed E-state index contributed by atoms with van der Waals surface area (Å²) in [5.74, 6) is 1.06. The molecule has 0 atom stereocenters. The number of rotatable bonds is 5. The molecule has 21 heavy (non-hydrogen) atoms. The molecule has 6 nitrogen and oxygen atoms in total. The minimum Gasteiger partial charge on any atom is -0.444 e. The zero-order chi connectivity index (χ0) is 15.5. The van der Waals surface area contributed by atoms with Crippen LogP contribution in [0.5, 0.6) is 0 Å². The number of hydrogen-bond donors (Lipinski definition) is 2. The Bertz CT molecular complexity index is 472. The van der Waals surface area contributed by atoms with Gasteiger partial charge in [0.1, 0.15) is 11.4 Å². The smallest absolute Gasteiger partial charge is 0.407 e. The van der Waals surface area contributed by atoms with Gasteiger partial charge in [-0.2, -0.15) is 0 Å². The number of imidazole rings is 1. The second kappa shape index (κ2) is 6.47. The van der Waals surface area contributed by atoms with E-state index in [1.54, 1.807) is 0 Å². The third-order valence-corrected chi connectivity index (χ3v) is 3.55. The molecule has 0 bridgehead atoms. The average molecular weight is 294 g/mol. The molecular formula is C15H26N4O2. The molecule has 0 aromatic carbocycles. The molecule has 1 amide bonds. The van der Waals surface area contributed by atoms with Crippen molar-refractivity contribution in [1.29, 1.82) is 0 Å². The molecule has 2 rings (SSSR count). The van der Waals surface area contributed by atoms with Crippen molar-refractivity contribution in [3.8, 4) is 0 Å². The first-order valence-corrected chi connectivity index (χ1v) is 7.60. The van der Waals surface area contributed by atoms with E-state index in [0.717, 1.165) is 31.8 Å². The van der Waals surface area contributed by atoms with Gasteiger partial charge in [0, 0.05) is 31.0 Å². The Labute approximate surface area is 126 Å². The number of nitrogens with zero attached hydrogens (tertiary/aromatic N) is 2.